The maximum atomic E-state index is 4.52. The zero-order chi connectivity index (χ0) is 12.1. The molecule has 1 aromatic heterocycles. The van der Waals surface area contributed by atoms with Crippen LogP contribution in [0.4, 0.5) is 5.95 Å². The van der Waals surface area contributed by atoms with Gasteiger partial charge in [0, 0.05) is 17.9 Å². The largest absolute Gasteiger partial charge is 0.354 e. The van der Waals surface area contributed by atoms with Crippen LogP contribution in [0, 0.1) is 12.8 Å². The topological polar surface area (TPSA) is 37.8 Å². The second kappa shape index (κ2) is 5.83. The van der Waals surface area contributed by atoms with E-state index in [9.17, 15) is 0 Å². The predicted octanol–water partition coefficient (Wildman–Crippen LogP) is 3.37. The van der Waals surface area contributed by atoms with Crippen molar-refractivity contribution in [1.29, 1.82) is 0 Å². The Labute approximate surface area is 98.7 Å². The van der Waals surface area contributed by atoms with Crippen LogP contribution >= 0.6 is 0 Å². The standard InChI is InChI=1S/C13H23N3/c1-6-10(4)8-14-13-15-11(5)7-12(16-13)9(2)3/h7,9-10H,6,8H2,1-5H3,(H,14,15,16). The molecule has 0 aliphatic carbocycles. The molecule has 3 heteroatoms. The van der Waals surface area contributed by atoms with E-state index in [2.05, 4.69) is 49.0 Å². The number of nitrogens with zero attached hydrogens (tertiary/aromatic N) is 2. The Morgan fingerprint density at radius 2 is 1.94 bits per heavy atom. The number of nitrogens with one attached hydrogen (secondary N) is 1. The molecule has 0 fully saturated rings. The Hall–Kier alpha value is -1.12. The van der Waals surface area contributed by atoms with Gasteiger partial charge in [0.25, 0.3) is 0 Å². The summed E-state index contributed by atoms with van der Waals surface area (Å²) in [6.07, 6.45) is 1.18. The van der Waals surface area contributed by atoms with E-state index < -0.39 is 0 Å². The Morgan fingerprint density at radius 1 is 1.25 bits per heavy atom. The summed E-state index contributed by atoms with van der Waals surface area (Å²) >= 11 is 0. The van der Waals surface area contributed by atoms with Crippen LogP contribution in [0.3, 0.4) is 0 Å². The SMILES string of the molecule is CCC(C)CNc1nc(C)cc(C(C)C)n1. The van der Waals surface area contributed by atoms with Gasteiger partial charge in [-0.2, -0.15) is 0 Å². The van der Waals surface area contributed by atoms with E-state index in [0.29, 0.717) is 11.8 Å². The summed E-state index contributed by atoms with van der Waals surface area (Å²) in [6, 6.07) is 2.05. The molecule has 0 aliphatic rings. The van der Waals surface area contributed by atoms with Gasteiger partial charge >= 0.3 is 0 Å². The van der Waals surface area contributed by atoms with Gasteiger partial charge in [-0.3, -0.25) is 0 Å². The molecule has 0 radical (unpaired) electrons. The molecule has 0 bridgehead atoms. The highest BCUT2D eigenvalue weighted by molar-refractivity contribution is 5.29. The van der Waals surface area contributed by atoms with Crippen molar-refractivity contribution in [1.82, 2.24) is 9.97 Å². The maximum Gasteiger partial charge on any atom is 0.223 e. The highest BCUT2D eigenvalue weighted by atomic mass is 15.1. The molecular formula is C13H23N3. The number of rotatable bonds is 5. The summed E-state index contributed by atoms with van der Waals surface area (Å²) < 4.78 is 0. The lowest BCUT2D eigenvalue weighted by molar-refractivity contribution is 0.590. The first-order chi connectivity index (χ1) is 7.52. The molecule has 1 atom stereocenters. The summed E-state index contributed by atoms with van der Waals surface area (Å²) in [5, 5.41) is 3.31. The molecule has 1 N–H and O–H groups in total. The quantitative estimate of drug-likeness (QED) is 0.828. The Balaban J connectivity index is 2.72. The second-order valence-electron chi connectivity index (χ2n) is 4.81. The number of hydrogen-bond acceptors (Lipinski definition) is 3. The lowest BCUT2D eigenvalue weighted by Gasteiger charge is -2.12. The first-order valence-electron chi connectivity index (χ1n) is 6.12. The smallest absolute Gasteiger partial charge is 0.223 e. The van der Waals surface area contributed by atoms with Crippen molar-refractivity contribution in [2.24, 2.45) is 5.92 Å². The van der Waals surface area contributed by atoms with Gasteiger partial charge in [-0.25, -0.2) is 9.97 Å². The van der Waals surface area contributed by atoms with Crippen molar-refractivity contribution in [2.45, 2.75) is 47.0 Å². The summed E-state index contributed by atoms with van der Waals surface area (Å²) in [5.74, 6) is 1.88. The van der Waals surface area contributed by atoms with E-state index in [1.807, 2.05) is 6.92 Å². The first-order valence-corrected chi connectivity index (χ1v) is 6.12. The molecule has 0 saturated carbocycles. The zero-order valence-electron chi connectivity index (χ0n) is 11.0. The van der Waals surface area contributed by atoms with Gasteiger partial charge in [0.2, 0.25) is 5.95 Å². The molecule has 0 saturated heterocycles. The van der Waals surface area contributed by atoms with Gasteiger partial charge in [-0.15, -0.1) is 0 Å². The van der Waals surface area contributed by atoms with Gasteiger partial charge in [0.1, 0.15) is 0 Å². The van der Waals surface area contributed by atoms with E-state index in [1.54, 1.807) is 0 Å². The Kier molecular flexibility index (Phi) is 4.71. The summed E-state index contributed by atoms with van der Waals surface area (Å²) in [7, 11) is 0. The van der Waals surface area contributed by atoms with Crippen molar-refractivity contribution in [3.05, 3.63) is 17.5 Å². The fourth-order valence-electron chi connectivity index (χ4n) is 1.38. The van der Waals surface area contributed by atoms with Gasteiger partial charge in [-0.1, -0.05) is 34.1 Å². The number of aromatic nitrogens is 2. The van der Waals surface area contributed by atoms with Crippen molar-refractivity contribution >= 4 is 5.95 Å². The van der Waals surface area contributed by atoms with E-state index in [-0.39, 0.29) is 0 Å². The average molecular weight is 221 g/mol. The minimum atomic E-state index is 0.450. The van der Waals surface area contributed by atoms with Gasteiger partial charge in [-0.05, 0) is 24.8 Å². The molecule has 90 valence electrons. The van der Waals surface area contributed by atoms with E-state index in [1.165, 1.54) is 6.42 Å². The summed E-state index contributed by atoms with van der Waals surface area (Å²) in [4.78, 5) is 8.92. The molecular weight excluding hydrogens is 198 g/mol. The molecule has 0 spiro atoms. The molecule has 1 unspecified atom stereocenters. The minimum Gasteiger partial charge on any atom is -0.354 e. The lowest BCUT2D eigenvalue weighted by atomic mass is 10.1. The Bertz CT molecular complexity index is 334. The third-order valence-corrected chi connectivity index (χ3v) is 2.77. The van der Waals surface area contributed by atoms with Gasteiger partial charge < -0.3 is 5.32 Å². The molecule has 1 aromatic rings. The van der Waals surface area contributed by atoms with E-state index in [0.717, 1.165) is 23.9 Å². The highest BCUT2D eigenvalue weighted by Crippen LogP contribution is 2.14. The molecule has 16 heavy (non-hydrogen) atoms. The van der Waals surface area contributed by atoms with Crippen molar-refractivity contribution in [3.8, 4) is 0 Å². The third-order valence-electron chi connectivity index (χ3n) is 2.77. The molecule has 1 heterocycles. The van der Waals surface area contributed by atoms with E-state index >= 15 is 0 Å². The van der Waals surface area contributed by atoms with Crippen LogP contribution in [0.2, 0.25) is 0 Å². The minimum absolute atomic E-state index is 0.450. The van der Waals surface area contributed by atoms with Crippen LogP contribution < -0.4 is 5.32 Å². The predicted molar refractivity (Wildman–Crippen MR) is 68.8 cm³/mol. The van der Waals surface area contributed by atoms with Gasteiger partial charge in [0.05, 0.1) is 0 Å². The normalized spacial score (nSPS) is 12.9. The first kappa shape index (κ1) is 12.9. The van der Waals surface area contributed by atoms with Crippen LogP contribution in [-0.4, -0.2) is 16.5 Å². The fourth-order valence-corrected chi connectivity index (χ4v) is 1.38. The summed E-state index contributed by atoms with van der Waals surface area (Å²) in [6.45, 7) is 11.7. The average Bonchev–Trinajstić information content (AvgIpc) is 2.25. The molecule has 0 amide bonds. The maximum absolute atomic E-state index is 4.52. The molecule has 0 aromatic carbocycles. The van der Waals surface area contributed by atoms with Crippen LogP contribution in [0.1, 0.15) is 51.4 Å². The van der Waals surface area contributed by atoms with Crippen molar-refractivity contribution in [3.63, 3.8) is 0 Å². The zero-order valence-corrected chi connectivity index (χ0v) is 11.0. The molecule has 1 rings (SSSR count). The molecule has 0 aliphatic heterocycles. The van der Waals surface area contributed by atoms with Crippen molar-refractivity contribution < 1.29 is 0 Å². The lowest BCUT2D eigenvalue weighted by Crippen LogP contribution is -2.13. The highest BCUT2D eigenvalue weighted by Gasteiger charge is 2.06. The monoisotopic (exact) mass is 221 g/mol. The van der Waals surface area contributed by atoms with Gasteiger partial charge in [0.15, 0.2) is 0 Å². The fraction of sp³-hybridized carbons (Fsp3) is 0.692. The van der Waals surface area contributed by atoms with Crippen LogP contribution in [0.5, 0.6) is 0 Å². The molecule has 3 nitrogen and oxygen atoms in total. The summed E-state index contributed by atoms with van der Waals surface area (Å²) in [5.41, 5.74) is 2.14. The van der Waals surface area contributed by atoms with Crippen LogP contribution in [0.15, 0.2) is 6.07 Å². The second-order valence-corrected chi connectivity index (χ2v) is 4.81. The van der Waals surface area contributed by atoms with Crippen LogP contribution in [0.25, 0.3) is 0 Å². The third kappa shape index (κ3) is 3.80. The number of anilines is 1. The van der Waals surface area contributed by atoms with Crippen LogP contribution in [-0.2, 0) is 0 Å². The van der Waals surface area contributed by atoms with Crippen molar-refractivity contribution in [2.75, 3.05) is 11.9 Å². The number of hydrogen-bond donors (Lipinski definition) is 1. The Morgan fingerprint density at radius 3 is 2.50 bits per heavy atom. The number of aryl methyl sites for hydroxylation is 1. The van der Waals surface area contributed by atoms with E-state index in [4.69, 9.17) is 0 Å².